The molecule has 0 aromatic rings. The molecule has 1 aliphatic carbocycles. The zero-order chi connectivity index (χ0) is 8.93. The first-order valence-corrected chi connectivity index (χ1v) is 4.40. The summed E-state index contributed by atoms with van der Waals surface area (Å²) in [5.41, 5.74) is 0.351. The molecule has 2 aliphatic rings. The Bertz CT molecular complexity index is 230. The third-order valence-electron chi connectivity index (χ3n) is 3.51. The van der Waals surface area contributed by atoms with Gasteiger partial charge in [-0.1, -0.05) is 13.8 Å². The van der Waals surface area contributed by atoms with E-state index in [0.717, 1.165) is 6.54 Å². The normalized spacial score (nSPS) is 42.1. The average molecular weight is 171 g/mol. The van der Waals surface area contributed by atoms with Crippen LogP contribution in [0.1, 0.15) is 15.3 Å². The largest absolute Gasteiger partial charge is 0.468 e. The monoisotopic (exact) mass is 171 g/mol. The molecule has 0 bridgehead atoms. The summed E-state index contributed by atoms with van der Waals surface area (Å²) in [7, 11) is 1.45. The van der Waals surface area contributed by atoms with Crippen molar-refractivity contribution in [1.29, 1.82) is 0 Å². The van der Waals surface area contributed by atoms with Crippen LogP contribution >= 0.6 is 0 Å². The van der Waals surface area contributed by atoms with Crippen molar-refractivity contribution in [3.63, 3.8) is 0 Å². The van der Waals surface area contributed by atoms with Gasteiger partial charge in [0.15, 0.2) is 0 Å². The lowest BCUT2D eigenvalue weighted by atomic mass is 10.0. The van der Waals surface area contributed by atoms with E-state index in [2.05, 4.69) is 19.2 Å². The summed E-state index contributed by atoms with van der Waals surface area (Å²) in [6, 6.07) is -0.0463. The van der Waals surface area contributed by atoms with Crippen molar-refractivity contribution in [3.8, 4) is 0 Å². The number of esters is 1. The maximum absolute atomic E-state index is 11.3. The van der Waals surface area contributed by atoms with Crippen LogP contribution in [0.25, 0.3) is 0 Å². The number of carbonyl (C=O) groups is 1. The zero-order valence-corrected chi connectivity index (χ0v) is 7.76. The molecule has 3 unspecified atom stereocenters. The predicted octanol–water partition coefficient (Wildman–Crippen LogP) is 0.649. The molecule has 1 aliphatic heterocycles. The van der Waals surface area contributed by atoms with Gasteiger partial charge in [0, 0.05) is 1.43 Å². The van der Waals surface area contributed by atoms with E-state index < -0.39 is 0 Å². The molecule has 1 saturated carbocycles. The van der Waals surface area contributed by atoms with E-state index in [1.54, 1.807) is 0 Å². The molecule has 1 saturated heterocycles. The summed E-state index contributed by atoms with van der Waals surface area (Å²) < 4.78 is 4.72. The fourth-order valence-electron chi connectivity index (χ4n) is 2.58. The molecule has 3 atom stereocenters. The molecule has 70 valence electrons. The van der Waals surface area contributed by atoms with Gasteiger partial charge in [0.2, 0.25) is 0 Å². The minimum atomic E-state index is -0.104. The minimum absolute atomic E-state index is 0. The summed E-state index contributed by atoms with van der Waals surface area (Å²) in [4.78, 5) is 11.3. The van der Waals surface area contributed by atoms with E-state index in [1.807, 2.05) is 0 Å². The van der Waals surface area contributed by atoms with Gasteiger partial charge >= 0.3 is 5.97 Å². The fraction of sp³-hybridized carbons (Fsp3) is 0.889. The van der Waals surface area contributed by atoms with Crippen molar-refractivity contribution in [2.24, 2.45) is 17.3 Å². The molecular formula is C9H17NO2. The molecule has 1 N–H and O–H groups in total. The van der Waals surface area contributed by atoms with E-state index in [9.17, 15) is 4.79 Å². The Kier molecular flexibility index (Phi) is 1.49. The van der Waals surface area contributed by atoms with Gasteiger partial charge in [-0.3, -0.25) is 4.79 Å². The molecule has 1 heterocycles. The van der Waals surface area contributed by atoms with E-state index in [0.29, 0.717) is 17.3 Å². The molecule has 0 aromatic heterocycles. The minimum Gasteiger partial charge on any atom is -0.468 e. The highest BCUT2D eigenvalue weighted by molar-refractivity contribution is 5.77. The summed E-state index contributed by atoms with van der Waals surface area (Å²) in [5.74, 6) is 1.08. The van der Waals surface area contributed by atoms with Crippen LogP contribution in [0.15, 0.2) is 0 Å². The number of piperidine rings is 1. The molecule has 0 aromatic carbocycles. The number of carbonyl (C=O) groups excluding carboxylic acids is 1. The van der Waals surface area contributed by atoms with Crippen molar-refractivity contribution in [2.75, 3.05) is 13.7 Å². The molecule has 0 spiro atoms. The Morgan fingerprint density at radius 1 is 1.67 bits per heavy atom. The Labute approximate surface area is 74.0 Å². The van der Waals surface area contributed by atoms with Crippen molar-refractivity contribution in [3.05, 3.63) is 0 Å². The number of methoxy groups -OCH3 is 1. The first-order chi connectivity index (χ1) is 5.59. The Morgan fingerprint density at radius 2 is 2.33 bits per heavy atom. The summed E-state index contributed by atoms with van der Waals surface area (Å²) in [5, 5.41) is 3.19. The van der Waals surface area contributed by atoms with Crippen LogP contribution in [-0.4, -0.2) is 25.7 Å². The number of fused-ring (bicyclic) bond motifs is 1. The maximum atomic E-state index is 11.3. The fourth-order valence-corrected chi connectivity index (χ4v) is 2.58. The molecular weight excluding hydrogens is 154 g/mol. The number of ether oxygens (including phenoxy) is 1. The van der Waals surface area contributed by atoms with Crippen LogP contribution < -0.4 is 5.32 Å². The molecule has 0 radical (unpaired) electrons. The second-order valence-electron chi connectivity index (χ2n) is 4.36. The number of hydrogen-bond acceptors (Lipinski definition) is 3. The van der Waals surface area contributed by atoms with Gasteiger partial charge in [-0.2, -0.15) is 0 Å². The Morgan fingerprint density at radius 3 is 2.75 bits per heavy atom. The van der Waals surface area contributed by atoms with Crippen molar-refractivity contribution in [2.45, 2.75) is 19.9 Å². The lowest BCUT2D eigenvalue weighted by Crippen LogP contribution is -2.38. The standard InChI is InChI=1S/C9H15NO2.H2/c1-9(2)5-4-10-7(6(5)9)8(11)12-3;/h5-7,10H,4H2,1-3H3;1H. The molecule has 12 heavy (non-hydrogen) atoms. The van der Waals surface area contributed by atoms with Crippen molar-refractivity contribution < 1.29 is 11.0 Å². The Hall–Kier alpha value is -0.570. The average Bonchev–Trinajstić information content (AvgIpc) is 2.52. The van der Waals surface area contributed by atoms with Gasteiger partial charge in [-0.15, -0.1) is 0 Å². The lowest BCUT2D eigenvalue weighted by molar-refractivity contribution is -0.143. The number of hydrogen-bond donors (Lipinski definition) is 1. The van der Waals surface area contributed by atoms with Gasteiger partial charge in [0.25, 0.3) is 0 Å². The zero-order valence-electron chi connectivity index (χ0n) is 7.76. The predicted molar refractivity (Wildman–Crippen MR) is 46.7 cm³/mol. The highest BCUT2D eigenvalue weighted by atomic mass is 16.5. The van der Waals surface area contributed by atoms with Gasteiger partial charge in [0.05, 0.1) is 7.11 Å². The highest BCUT2D eigenvalue weighted by Gasteiger charge is 2.66. The van der Waals surface area contributed by atoms with Crippen LogP contribution in [0, 0.1) is 17.3 Å². The molecule has 3 nitrogen and oxygen atoms in total. The second-order valence-corrected chi connectivity index (χ2v) is 4.36. The molecule has 3 heteroatoms. The maximum Gasteiger partial charge on any atom is 0.323 e. The quantitative estimate of drug-likeness (QED) is 0.589. The summed E-state index contributed by atoms with van der Waals surface area (Å²) in [6.45, 7) is 5.41. The number of nitrogens with one attached hydrogen (secondary N) is 1. The van der Waals surface area contributed by atoms with Crippen LogP contribution in [0.4, 0.5) is 0 Å². The van der Waals surface area contributed by atoms with Gasteiger partial charge in [-0.25, -0.2) is 0 Å². The summed E-state index contributed by atoms with van der Waals surface area (Å²) in [6.07, 6.45) is 0. The van der Waals surface area contributed by atoms with E-state index in [4.69, 9.17) is 4.74 Å². The van der Waals surface area contributed by atoms with Gasteiger partial charge < -0.3 is 10.1 Å². The highest BCUT2D eigenvalue weighted by Crippen LogP contribution is 2.62. The van der Waals surface area contributed by atoms with Crippen LogP contribution in [0.5, 0.6) is 0 Å². The van der Waals surface area contributed by atoms with E-state index in [-0.39, 0.29) is 13.4 Å². The van der Waals surface area contributed by atoms with Crippen molar-refractivity contribution in [1.82, 2.24) is 5.32 Å². The molecule has 2 fully saturated rings. The molecule has 0 amide bonds. The van der Waals surface area contributed by atoms with E-state index >= 15 is 0 Å². The SMILES string of the molecule is COC(=O)C1NCC2C1C2(C)C.[HH]. The first kappa shape index (κ1) is 8.05. The topological polar surface area (TPSA) is 38.3 Å². The van der Waals surface area contributed by atoms with Gasteiger partial charge in [-0.05, 0) is 23.8 Å². The first-order valence-electron chi connectivity index (χ1n) is 4.40. The van der Waals surface area contributed by atoms with Crippen molar-refractivity contribution >= 4 is 5.97 Å². The Balaban J connectivity index is 0.000000845. The smallest absolute Gasteiger partial charge is 0.323 e. The molecule has 2 rings (SSSR count). The van der Waals surface area contributed by atoms with E-state index in [1.165, 1.54) is 7.11 Å². The van der Waals surface area contributed by atoms with Gasteiger partial charge in [0.1, 0.15) is 6.04 Å². The number of rotatable bonds is 1. The van der Waals surface area contributed by atoms with Crippen LogP contribution in [0.3, 0.4) is 0 Å². The lowest BCUT2D eigenvalue weighted by Gasteiger charge is -2.16. The second kappa shape index (κ2) is 2.22. The third-order valence-corrected chi connectivity index (χ3v) is 3.51. The van der Waals surface area contributed by atoms with Crippen LogP contribution in [-0.2, 0) is 9.53 Å². The van der Waals surface area contributed by atoms with Crippen LogP contribution in [0.2, 0.25) is 0 Å². The third kappa shape index (κ3) is 0.829. The summed E-state index contributed by atoms with van der Waals surface area (Å²) >= 11 is 0.